The second-order valence-corrected chi connectivity index (χ2v) is 12.8. The van der Waals surface area contributed by atoms with Crippen LogP contribution in [0.15, 0.2) is 174 Å². The molecular formula is C47H28N4O. The minimum atomic E-state index is 0.416. The smallest absolute Gasteiger partial charge is 0.160 e. The van der Waals surface area contributed by atoms with Gasteiger partial charge in [-0.25, -0.2) is 9.97 Å². The average molecular weight is 665 g/mol. The third kappa shape index (κ3) is 4.63. The molecular weight excluding hydrogens is 637 g/mol. The molecule has 0 unspecified atom stereocenters. The molecule has 5 nitrogen and oxygen atoms in total. The maximum atomic E-state index is 10.7. The van der Waals surface area contributed by atoms with Crippen LogP contribution in [0.25, 0.3) is 94.5 Å². The van der Waals surface area contributed by atoms with Gasteiger partial charge in [0.05, 0.1) is 22.4 Å². The molecule has 7 aromatic carbocycles. The van der Waals surface area contributed by atoms with Crippen LogP contribution in [-0.2, 0) is 0 Å². The average Bonchev–Trinajstić information content (AvgIpc) is 3.77. The van der Waals surface area contributed by atoms with E-state index in [0.717, 1.165) is 55.3 Å². The normalized spacial score (nSPS) is 11.4. The first-order valence-electron chi connectivity index (χ1n) is 17.2. The number of aromatic nitrogens is 3. The Morgan fingerprint density at radius 3 is 1.88 bits per heavy atom. The van der Waals surface area contributed by atoms with Crippen molar-refractivity contribution in [3.8, 4) is 56.8 Å². The highest BCUT2D eigenvalue weighted by atomic mass is 16.3. The molecule has 3 aromatic heterocycles. The van der Waals surface area contributed by atoms with Crippen LogP contribution in [0.1, 0.15) is 5.56 Å². The van der Waals surface area contributed by atoms with Gasteiger partial charge in [-0.2, -0.15) is 5.26 Å². The first-order valence-corrected chi connectivity index (χ1v) is 17.2. The van der Waals surface area contributed by atoms with Crippen molar-refractivity contribution in [3.63, 3.8) is 0 Å². The molecule has 0 aliphatic heterocycles. The van der Waals surface area contributed by atoms with Gasteiger partial charge in [0, 0.05) is 43.9 Å². The summed E-state index contributed by atoms with van der Waals surface area (Å²) in [5.74, 6) is 0.554. The molecule has 242 valence electrons. The van der Waals surface area contributed by atoms with E-state index in [1.807, 2.05) is 84.9 Å². The maximum absolute atomic E-state index is 10.7. The van der Waals surface area contributed by atoms with Crippen LogP contribution < -0.4 is 0 Å². The van der Waals surface area contributed by atoms with Crippen molar-refractivity contribution in [2.24, 2.45) is 0 Å². The molecule has 0 N–H and O–H groups in total. The molecule has 5 heteroatoms. The molecule has 0 atom stereocenters. The first-order chi connectivity index (χ1) is 25.8. The van der Waals surface area contributed by atoms with Gasteiger partial charge in [-0.1, -0.05) is 133 Å². The predicted molar refractivity (Wildman–Crippen MR) is 210 cm³/mol. The Balaban J connectivity index is 1.25. The zero-order chi connectivity index (χ0) is 34.6. The van der Waals surface area contributed by atoms with Crippen molar-refractivity contribution in [2.45, 2.75) is 0 Å². The van der Waals surface area contributed by atoms with Gasteiger partial charge < -0.3 is 8.98 Å². The highest BCUT2D eigenvalue weighted by Crippen LogP contribution is 2.42. The largest absolute Gasteiger partial charge is 0.456 e. The van der Waals surface area contributed by atoms with Crippen LogP contribution in [0.5, 0.6) is 0 Å². The molecule has 0 saturated heterocycles. The summed E-state index contributed by atoms with van der Waals surface area (Å²) < 4.78 is 8.84. The van der Waals surface area contributed by atoms with Crippen LogP contribution in [-0.4, -0.2) is 14.5 Å². The Labute approximate surface area is 299 Å². The van der Waals surface area contributed by atoms with Gasteiger partial charge in [0.15, 0.2) is 5.82 Å². The van der Waals surface area contributed by atoms with Crippen LogP contribution in [0.4, 0.5) is 0 Å². The summed E-state index contributed by atoms with van der Waals surface area (Å²) in [6, 6.07) is 60.3. The summed E-state index contributed by atoms with van der Waals surface area (Å²) in [5, 5.41) is 15.0. The zero-order valence-electron chi connectivity index (χ0n) is 27.9. The molecule has 52 heavy (non-hydrogen) atoms. The van der Waals surface area contributed by atoms with Crippen LogP contribution in [0.3, 0.4) is 0 Å². The standard InChI is InChI=1S/C47H28N4O/c48-29-38-45(31-16-6-2-7-17-31)49-47(32-18-8-3-9-19-32)50-46(38)36-22-13-25-42-44(36)37-28-33(26-27-41(37)52-42)51-39-23-11-10-20-35(39)43-34(21-12-24-40(43)51)30-14-4-1-5-15-30/h1-28H. The third-order valence-corrected chi connectivity index (χ3v) is 9.87. The summed E-state index contributed by atoms with van der Waals surface area (Å²) >= 11 is 0. The number of hydrogen-bond acceptors (Lipinski definition) is 4. The summed E-state index contributed by atoms with van der Waals surface area (Å²) in [6.07, 6.45) is 0. The van der Waals surface area contributed by atoms with Crippen molar-refractivity contribution in [1.29, 1.82) is 5.26 Å². The Hall–Kier alpha value is -7.29. The van der Waals surface area contributed by atoms with Gasteiger partial charge in [-0.3, -0.25) is 0 Å². The minimum Gasteiger partial charge on any atom is -0.456 e. The third-order valence-electron chi connectivity index (χ3n) is 9.87. The van der Waals surface area contributed by atoms with Gasteiger partial charge in [0.25, 0.3) is 0 Å². The second kappa shape index (κ2) is 11.9. The monoisotopic (exact) mass is 664 g/mol. The van der Waals surface area contributed by atoms with Gasteiger partial charge in [-0.05, 0) is 47.5 Å². The van der Waals surface area contributed by atoms with Crippen molar-refractivity contribution in [1.82, 2.24) is 14.5 Å². The second-order valence-electron chi connectivity index (χ2n) is 12.8. The highest BCUT2D eigenvalue weighted by molar-refractivity contribution is 6.17. The number of fused-ring (bicyclic) bond motifs is 6. The Bertz CT molecular complexity index is 3010. The molecule has 0 spiro atoms. The Morgan fingerprint density at radius 1 is 0.481 bits per heavy atom. The van der Waals surface area contributed by atoms with Gasteiger partial charge >= 0.3 is 0 Å². The van der Waals surface area contributed by atoms with E-state index in [4.69, 9.17) is 14.4 Å². The number of nitrogens with zero attached hydrogens (tertiary/aromatic N) is 4. The van der Waals surface area contributed by atoms with Gasteiger partial charge in [0.2, 0.25) is 0 Å². The van der Waals surface area contributed by atoms with Crippen molar-refractivity contribution >= 4 is 43.7 Å². The molecule has 0 radical (unpaired) electrons. The lowest BCUT2D eigenvalue weighted by Gasteiger charge is -2.13. The number of para-hydroxylation sites is 1. The Morgan fingerprint density at radius 2 is 1.12 bits per heavy atom. The highest BCUT2D eigenvalue weighted by Gasteiger charge is 2.23. The maximum Gasteiger partial charge on any atom is 0.160 e. The fourth-order valence-electron chi connectivity index (χ4n) is 7.59. The van der Waals surface area contributed by atoms with E-state index in [1.54, 1.807) is 0 Å². The lowest BCUT2D eigenvalue weighted by atomic mass is 9.97. The molecule has 0 amide bonds. The van der Waals surface area contributed by atoms with E-state index in [2.05, 4.69) is 95.6 Å². The summed E-state index contributed by atoms with van der Waals surface area (Å²) in [7, 11) is 0. The summed E-state index contributed by atoms with van der Waals surface area (Å²) in [5.41, 5.74) is 11.2. The number of rotatable bonds is 5. The SMILES string of the molecule is N#Cc1c(-c2ccccc2)nc(-c2ccccc2)nc1-c1cccc2oc3ccc(-n4c5ccccc5c5c(-c6ccccc6)cccc54)cc3c12. The van der Waals surface area contributed by atoms with Crippen molar-refractivity contribution in [3.05, 3.63) is 175 Å². The number of furan rings is 1. The summed E-state index contributed by atoms with van der Waals surface area (Å²) in [6.45, 7) is 0. The van der Waals surface area contributed by atoms with Crippen LogP contribution >= 0.6 is 0 Å². The molecule has 10 rings (SSSR count). The molecule has 0 saturated carbocycles. The van der Waals surface area contributed by atoms with Crippen LogP contribution in [0, 0.1) is 11.3 Å². The fourth-order valence-corrected chi connectivity index (χ4v) is 7.59. The molecule has 10 aromatic rings. The number of benzene rings is 7. The van der Waals surface area contributed by atoms with E-state index >= 15 is 0 Å². The fraction of sp³-hybridized carbons (Fsp3) is 0. The van der Waals surface area contributed by atoms with Crippen molar-refractivity contribution < 1.29 is 4.42 Å². The molecule has 0 bridgehead atoms. The van der Waals surface area contributed by atoms with E-state index in [1.165, 1.54) is 21.9 Å². The quantitative estimate of drug-likeness (QED) is 0.184. The van der Waals surface area contributed by atoms with E-state index in [9.17, 15) is 5.26 Å². The van der Waals surface area contributed by atoms with E-state index in [-0.39, 0.29) is 0 Å². The molecule has 0 aliphatic rings. The number of hydrogen-bond donors (Lipinski definition) is 0. The topological polar surface area (TPSA) is 67.6 Å². The zero-order valence-corrected chi connectivity index (χ0v) is 27.9. The van der Waals surface area contributed by atoms with E-state index in [0.29, 0.717) is 22.8 Å². The number of nitriles is 1. The Kier molecular flexibility index (Phi) is 6.80. The lowest BCUT2D eigenvalue weighted by Crippen LogP contribution is -2.01. The van der Waals surface area contributed by atoms with Crippen molar-refractivity contribution in [2.75, 3.05) is 0 Å². The molecule has 3 heterocycles. The summed E-state index contributed by atoms with van der Waals surface area (Å²) in [4.78, 5) is 10.1. The first kappa shape index (κ1) is 29.6. The lowest BCUT2D eigenvalue weighted by molar-refractivity contribution is 0.669. The van der Waals surface area contributed by atoms with Gasteiger partial charge in [0.1, 0.15) is 22.8 Å². The van der Waals surface area contributed by atoms with Crippen LogP contribution in [0.2, 0.25) is 0 Å². The minimum absolute atomic E-state index is 0.416. The predicted octanol–water partition coefficient (Wildman–Crippen LogP) is 12.0. The molecule has 0 aliphatic carbocycles. The molecule has 0 fully saturated rings. The van der Waals surface area contributed by atoms with E-state index < -0.39 is 0 Å². The van der Waals surface area contributed by atoms with Gasteiger partial charge in [-0.15, -0.1) is 0 Å².